The molecule has 44 heavy (non-hydrogen) atoms. The summed E-state index contributed by atoms with van der Waals surface area (Å²) in [5, 5.41) is 0. The van der Waals surface area contributed by atoms with Crippen molar-refractivity contribution in [3.63, 3.8) is 0 Å². The lowest BCUT2D eigenvalue weighted by molar-refractivity contribution is -0.139. The minimum Gasteiger partial charge on any atom is -0.444 e. The van der Waals surface area contributed by atoms with Crippen LogP contribution in [0.5, 0.6) is 0 Å². The molecule has 0 N–H and O–H groups in total. The van der Waals surface area contributed by atoms with Crippen molar-refractivity contribution in [2.24, 2.45) is 11.8 Å². The van der Waals surface area contributed by atoms with Gasteiger partial charge in [0.15, 0.2) is 0 Å². The van der Waals surface area contributed by atoms with Crippen molar-refractivity contribution < 1.29 is 27.5 Å². The average Bonchev–Trinajstić information content (AvgIpc) is 2.97. The van der Waals surface area contributed by atoms with E-state index in [1.165, 1.54) is 5.56 Å². The number of amides is 2. The highest BCUT2D eigenvalue weighted by atomic mass is 19.4. The van der Waals surface area contributed by atoms with Gasteiger partial charge in [0.05, 0.1) is 5.56 Å². The number of nitrogens with zero attached hydrogens (tertiary/aromatic N) is 3. The fraction of sp³-hybridized carbons (Fsp3) is 0.600. The Morgan fingerprint density at radius 3 is 2.11 bits per heavy atom. The zero-order chi connectivity index (χ0) is 32.1. The molecule has 0 spiro atoms. The molecule has 6 nitrogen and oxygen atoms in total. The summed E-state index contributed by atoms with van der Waals surface area (Å²) in [6.07, 6.45) is -1.14. The Hall–Kier alpha value is -3.07. The minimum atomic E-state index is -4.34. The number of rotatable bonds is 8. The summed E-state index contributed by atoms with van der Waals surface area (Å²) < 4.78 is 44.7. The van der Waals surface area contributed by atoms with Gasteiger partial charge in [0.1, 0.15) is 5.60 Å². The van der Waals surface area contributed by atoms with Gasteiger partial charge in [0.2, 0.25) is 5.91 Å². The second kappa shape index (κ2) is 14.4. The molecule has 2 aliphatic heterocycles. The monoisotopic (exact) mass is 615 g/mol. The molecule has 2 aromatic carbocycles. The quantitative estimate of drug-likeness (QED) is 0.307. The van der Waals surface area contributed by atoms with Crippen LogP contribution in [0, 0.1) is 11.8 Å². The average molecular weight is 616 g/mol. The van der Waals surface area contributed by atoms with Gasteiger partial charge in [-0.25, -0.2) is 4.79 Å². The van der Waals surface area contributed by atoms with E-state index in [0.29, 0.717) is 32.5 Å². The molecule has 2 heterocycles. The molecule has 0 aliphatic carbocycles. The van der Waals surface area contributed by atoms with Gasteiger partial charge in [0.25, 0.3) is 0 Å². The van der Waals surface area contributed by atoms with E-state index in [1.807, 2.05) is 39.0 Å². The molecule has 242 valence electrons. The van der Waals surface area contributed by atoms with Gasteiger partial charge >= 0.3 is 12.3 Å². The highest BCUT2D eigenvalue weighted by molar-refractivity contribution is 5.77. The number of benzene rings is 2. The molecular formula is C35H48F3N3O3. The first-order chi connectivity index (χ1) is 20.7. The molecule has 2 fully saturated rings. The van der Waals surface area contributed by atoms with Crippen LogP contribution >= 0.6 is 0 Å². The number of likely N-dealkylation sites (tertiary alicyclic amines) is 1. The zero-order valence-corrected chi connectivity index (χ0v) is 26.8. The summed E-state index contributed by atoms with van der Waals surface area (Å²) in [6, 6.07) is 15.9. The normalized spacial score (nSPS) is 19.7. The lowest BCUT2D eigenvalue weighted by Crippen LogP contribution is -2.58. The summed E-state index contributed by atoms with van der Waals surface area (Å²) in [5.74, 6) is 0.690. The van der Waals surface area contributed by atoms with Crippen molar-refractivity contribution in [2.45, 2.75) is 90.6 Å². The van der Waals surface area contributed by atoms with E-state index in [0.717, 1.165) is 50.0 Å². The topological polar surface area (TPSA) is 53.1 Å². The van der Waals surface area contributed by atoms with E-state index in [9.17, 15) is 22.8 Å². The Bertz CT molecular complexity index is 1220. The summed E-state index contributed by atoms with van der Waals surface area (Å²) in [4.78, 5) is 32.4. The summed E-state index contributed by atoms with van der Waals surface area (Å²) >= 11 is 0. The molecule has 0 saturated carbocycles. The van der Waals surface area contributed by atoms with Crippen molar-refractivity contribution in [3.05, 3.63) is 71.3 Å². The highest BCUT2D eigenvalue weighted by Gasteiger charge is 2.37. The Morgan fingerprint density at radius 1 is 0.909 bits per heavy atom. The van der Waals surface area contributed by atoms with Gasteiger partial charge < -0.3 is 14.5 Å². The lowest BCUT2D eigenvalue weighted by atomic mass is 9.90. The van der Waals surface area contributed by atoms with Crippen LogP contribution < -0.4 is 0 Å². The number of alkyl halides is 3. The number of piperidine rings is 1. The number of hydrogen-bond acceptors (Lipinski definition) is 4. The van der Waals surface area contributed by atoms with Gasteiger partial charge in [0, 0.05) is 51.2 Å². The predicted molar refractivity (Wildman–Crippen MR) is 166 cm³/mol. The fourth-order valence-corrected chi connectivity index (χ4v) is 6.40. The van der Waals surface area contributed by atoms with Crippen LogP contribution in [-0.4, -0.2) is 71.1 Å². The molecule has 2 aliphatic rings. The van der Waals surface area contributed by atoms with Crippen LogP contribution in [-0.2, 0) is 22.1 Å². The Labute approximate surface area is 260 Å². The van der Waals surface area contributed by atoms with Crippen LogP contribution in [0.25, 0.3) is 0 Å². The maximum atomic E-state index is 13.7. The van der Waals surface area contributed by atoms with E-state index in [2.05, 4.69) is 35.8 Å². The van der Waals surface area contributed by atoms with E-state index < -0.39 is 17.3 Å². The maximum Gasteiger partial charge on any atom is 0.416 e. The van der Waals surface area contributed by atoms with Crippen molar-refractivity contribution in [1.82, 2.24) is 14.7 Å². The third-order valence-corrected chi connectivity index (χ3v) is 8.88. The van der Waals surface area contributed by atoms with E-state index in [1.54, 1.807) is 17.0 Å². The van der Waals surface area contributed by atoms with E-state index in [4.69, 9.17) is 4.74 Å². The molecular weight excluding hydrogens is 567 g/mol. The molecule has 0 radical (unpaired) electrons. The van der Waals surface area contributed by atoms with E-state index >= 15 is 0 Å². The molecule has 4 rings (SSSR count). The highest BCUT2D eigenvalue weighted by Crippen LogP contribution is 2.33. The van der Waals surface area contributed by atoms with Gasteiger partial charge in [-0.3, -0.25) is 9.69 Å². The van der Waals surface area contributed by atoms with E-state index in [-0.39, 0.29) is 35.9 Å². The molecule has 2 aromatic rings. The van der Waals surface area contributed by atoms with Crippen molar-refractivity contribution >= 4 is 12.0 Å². The third-order valence-electron chi connectivity index (χ3n) is 8.88. The molecule has 0 aromatic heterocycles. The van der Waals surface area contributed by atoms with Crippen LogP contribution in [0.1, 0.15) is 83.0 Å². The second-order valence-corrected chi connectivity index (χ2v) is 13.7. The molecule has 2 amide bonds. The standard InChI is InChI=1S/C35H48F3N3O3/c1-25(2)31-24-40(21-22-41(31)32(42)23-27-17-19-39(20-18-27)33(43)44-34(3,4)5)30(28-9-7-6-8-10-28)16-13-26-11-14-29(15-12-26)35(36,37)38/h6-12,14-15,25,27,30-31H,13,16-24H2,1-5H3/t30?,31-/m1/s1. The first kappa shape index (κ1) is 33.8. The molecule has 9 heteroatoms. The van der Waals surface area contributed by atoms with Crippen molar-refractivity contribution in [1.29, 1.82) is 0 Å². The maximum absolute atomic E-state index is 13.7. The number of hydrogen-bond donors (Lipinski definition) is 0. The fourth-order valence-electron chi connectivity index (χ4n) is 6.40. The number of aryl methyl sites for hydroxylation is 1. The number of piperazine rings is 1. The molecule has 0 bridgehead atoms. The lowest BCUT2D eigenvalue weighted by Gasteiger charge is -2.47. The second-order valence-electron chi connectivity index (χ2n) is 13.7. The first-order valence-corrected chi connectivity index (χ1v) is 15.9. The summed E-state index contributed by atoms with van der Waals surface area (Å²) in [7, 11) is 0. The van der Waals surface area contributed by atoms with Gasteiger partial charge in [-0.15, -0.1) is 0 Å². The smallest absolute Gasteiger partial charge is 0.416 e. The largest absolute Gasteiger partial charge is 0.444 e. The summed E-state index contributed by atoms with van der Waals surface area (Å²) in [6.45, 7) is 13.2. The van der Waals surface area contributed by atoms with Crippen LogP contribution in [0.4, 0.5) is 18.0 Å². The van der Waals surface area contributed by atoms with Crippen LogP contribution in [0.2, 0.25) is 0 Å². The van der Waals surface area contributed by atoms with Crippen molar-refractivity contribution in [3.8, 4) is 0 Å². The third kappa shape index (κ3) is 9.22. The zero-order valence-electron chi connectivity index (χ0n) is 26.8. The Balaban J connectivity index is 1.38. The van der Waals surface area contributed by atoms with Crippen LogP contribution in [0.3, 0.4) is 0 Å². The van der Waals surface area contributed by atoms with Gasteiger partial charge in [-0.1, -0.05) is 56.3 Å². The SMILES string of the molecule is CC(C)[C@H]1CN(C(CCc2ccc(C(F)(F)F)cc2)c2ccccc2)CCN1C(=O)CC1CCN(C(=O)OC(C)(C)C)CC1. The number of ether oxygens (including phenoxy) is 1. The Morgan fingerprint density at radius 2 is 1.55 bits per heavy atom. The number of halogens is 3. The molecule has 1 unspecified atom stereocenters. The summed E-state index contributed by atoms with van der Waals surface area (Å²) in [5.41, 5.74) is 0.902. The van der Waals surface area contributed by atoms with Gasteiger partial charge in [-0.2, -0.15) is 13.2 Å². The molecule has 2 saturated heterocycles. The minimum absolute atomic E-state index is 0.0652. The number of carbonyl (C=O) groups is 2. The first-order valence-electron chi connectivity index (χ1n) is 15.9. The Kier molecular flexibility index (Phi) is 11.0. The predicted octanol–water partition coefficient (Wildman–Crippen LogP) is 7.59. The molecule has 2 atom stereocenters. The van der Waals surface area contributed by atoms with Crippen molar-refractivity contribution in [2.75, 3.05) is 32.7 Å². The van der Waals surface area contributed by atoms with Crippen LogP contribution in [0.15, 0.2) is 54.6 Å². The van der Waals surface area contributed by atoms with Gasteiger partial charge in [-0.05, 0) is 81.5 Å². The number of carbonyl (C=O) groups excluding carboxylic acids is 2.